The molecule has 1 aromatic heterocycles. The van der Waals surface area contributed by atoms with Crippen molar-refractivity contribution in [1.29, 1.82) is 0 Å². The number of aryl methyl sites for hydroxylation is 1. The summed E-state index contributed by atoms with van der Waals surface area (Å²) in [7, 11) is 0. The minimum atomic E-state index is -0.210. The van der Waals surface area contributed by atoms with Gasteiger partial charge in [0.1, 0.15) is 12.3 Å². The van der Waals surface area contributed by atoms with E-state index in [4.69, 9.17) is 16.7 Å². The average molecular weight is 303 g/mol. The van der Waals surface area contributed by atoms with Crippen molar-refractivity contribution in [2.24, 2.45) is 0 Å². The van der Waals surface area contributed by atoms with Crippen LogP contribution in [-0.2, 0) is 6.54 Å². The zero-order chi connectivity index (χ0) is 15.2. The fraction of sp³-hybridized carbons (Fsp3) is 0.188. The summed E-state index contributed by atoms with van der Waals surface area (Å²) in [5.41, 5.74) is 1.98. The van der Waals surface area contributed by atoms with Crippen molar-refractivity contribution in [2.45, 2.75) is 13.5 Å². The second-order valence-corrected chi connectivity index (χ2v) is 4.76. The lowest BCUT2D eigenvalue weighted by atomic mass is 10.2. The van der Waals surface area contributed by atoms with Crippen molar-refractivity contribution < 1.29 is 9.90 Å². The number of carbonyl (C=O) groups excluding carboxylic acids is 1. The Balaban J connectivity index is 2.12. The number of hydrogen-bond donors (Lipinski definition) is 2. The van der Waals surface area contributed by atoms with E-state index in [1.54, 1.807) is 41.1 Å². The van der Waals surface area contributed by atoms with E-state index in [1.807, 2.05) is 6.92 Å². The van der Waals surface area contributed by atoms with Crippen LogP contribution in [0.2, 0.25) is 5.02 Å². The molecule has 0 saturated carbocycles. The highest BCUT2D eigenvalue weighted by Crippen LogP contribution is 2.16. The first-order chi connectivity index (χ1) is 10.1. The summed E-state index contributed by atoms with van der Waals surface area (Å²) >= 11 is 5.92. The molecule has 5 heteroatoms. The zero-order valence-corrected chi connectivity index (χ0v) is 12.3. The van der Waals surface area contributed by atoms with Crippen molar-refractivity contribution in [1.82, 2.24) is 4.57 Å². The van der Waals surface area contributed by atoms with Crippen LogP contribution < -0.4 is 5.32 Å². The van der Waals surface area contributed by atoms with Gasteiger partial charge in [-0.05, 0) is 37.3 Å². The van der Waals surface area contributed by atoms with Crippen LogP contribution in [0.4, 0.5) is 5.69 Å². The molecule has 0 spiro atoms. The molecule has 2 aromatic rings. The van der Waals surface area contributed by atoms with Crippen LogP contribution in [0.25, 0.3) is 0 Å². The highest BCUT2D eigenvalue weighted by Gasteiger charge is 2.12. The second kappa shape index (κ2) is 6.98. The normalized spacial score (nSPS) is 9.86. The van der Waals surface area contributed by atoms with Crippen LogP contribution in [0.3, 0.4) is 0 Å². The molecular formula is C16H15ClN2O2. The lowest BCUT2D eigenvalue weighted by Gasteiger charge is -2.07. The Bertz CT molecular complexity index is 693. The minimum absolute atomic E-state index is 0.173. The lowest BCUT2D eigenvalue weighted by molar-refractivity contribution is 0.101. The molecule has 0 aliphatic rings. The molecule has 0 fully saturated rings. The molecule has 0 unspecified atom stereocenters. The summed E-state index contributed by atoms with van der Waals surface area (Å²) in [5, 5.41) is 12.0. The van der Waals surface area contributed by atoms with E-state index < -0.39 is 0 Å². The van der Waals surface area contributed by atoms with Crippen molar-refractivity contribution in [3.63, 3.8) is 0 Å². The number of anilines is 1. The van der Waals surface area contributed by atoms with E-state index in [-0.39, 0.29) is 12.5 Å². The van der Waals surface area contributed by atoms with Gasteiger partial charge in [-0.2, -0.15) is 0 Å². The smallest absolute Gasteiger partial charge is 0.272 e. The van der Waals surface area contributed by atoms with E-state index in [9.17, 15) is 4.79 Å². The third-order valence-electron chi connectivity index (χ3n) is 2.89. The predicted octanol–water partition coefficient (Wildman–Crippen LogP) is 2.76. The number of amides is 1. The van der Waals surface area contributed by atoms with Crippen LogP contribution in [0.1, 0.15) is 23.0 Å². The number of halogens is 1. The van der Waals surface area contributed by atoms with E-state index in [0.29, 0.717) is 22.9 Å². The monoisotopic (exact) mass is 302 g/mol. The SMILES string of the molecule is CCn1cc(Cl)cc1C(=O)Nc1ccc(C#CCO)cc1. The molecule has 108 valence electrons. The first-order valence-corrected chi connectivity index (χ1v) is 6.88. The van der Waals surface area contributed by atoms with Gasteiger partial charge in [0.15, 0.2) is 0 Å². The Morgan fingerprint density at radius 3 is 2.71 bits per heavy atom. The largest absolute Gasteiger partial charge is 0.384 e. The highest BCUT2D eigenvalue weighted by atomic mass is 35.5. The minimum Gasteiger partial charge on any atom is -0.384 e. The van der Waals surface area contributed by atoms with Gasteiger partial charge in [0.25, 0.3) is 5.91 Å². The molecule has 0 bridgehead atoms. The molecule has 0 aliphatic heterocycles. The van der Waals surface area contributed by atoms with Gasteiger partial charge in [0.05, 0.1) is 5.02 Å². The number of rotatable bonds is 3. The molecular weight excluding hydrogens is 288 g/mol. The maximum absolute atomic E-state index is 12.2. The fourth-order valence-electron chi connectivity index (χ4n) is 1.90. The van der Waals surface area contributed by atoms with Crippen molar-refractivity contribution >= 4 is 23.2 Å². The molecule has 1 heterocycles. The first-order valence-electron chi connectivity index (χ1n) is 6.51. The van der Waals surface area contributed by atoms with Gasteiger partial charge >= 0.3 is 0 Å². The molecule has 0 atom stereocenters. The maximum atomic E-state index is 12.2. The van der Waals surface area contributed by atoms with Gasteiger partial charge < -0.3 is 15.0 Å². The summed E-state index contributed by atoms with van der Waals surface area (Å²) < 4.78 is 1.79. The number of aromatic nitrogens is 1. The quantitative estimate of drug-likeness (QED) is 0.857. The van der Waals surface area contributed by atoms with Crippen LogP contribution in [0, 0.1) is 11.8 Å². The van der Waals surface area contributed by atoms with E-state index >= 15 is 0 Å². The number of benzene rings is 1. The topological polar surface area (TPSA) is 54.3 Å². The Morgan fingerprint density at radius 1 is 1.38 bits per heavy atom. The summed E-state index contributed by atoms with van der Waals surface area (Å²) in [5.74, 6) is 5.15. The van der Waals surface area contributed by atoms with Crippen LogP contribution in [0.5, 0.6) is 0 Å². The third kappa shape index (κ3) is 3.88. The first kappa shape index (κ1) is 15.2. The van der Waals surface area contributed by atoms with Gasteiger partial charge in [-0.1, -0.05) is 23.4 Å². The van der Waals surface area contributed by atoms with Gasteiger partial charge in [-0.25, -0.2) is 0 Å². The summed E-state index contributed by atoms with van der Waals surface area (Å²) in [6.45, 7) is 2.44. The molecule has 21 heavy (non-hydrogen) atoms. The number of nitrogens with zero attached hydrogens (tertiary/aromatic N) is 1. The molecule has 0 saturated heterocycles. The summed E-state index contributed by atoms with van der Waals surface area (Å²) in [4.78, 5) is 12.2. The number of aliphatic hydroxyl groups is 1. The maximum Gasteiger partial charge on any atom is 0.272 e. The molecule has 4 nitrogen and oxygen atoms in total. The lowest BCUT2D eigenvalue weighted by Crippen LogP contribution is -2.16. The van der Waals surface area contributed by atoms with Crippen molar-refractivity contribution in [3.8, 4) is 11.8 Å². The Hall–Kier alpha value is -2.22. The molecule has 0 radical (unpaired) electrons. The standard InChI is InChI=1S/C16H15ClN2O2/c1-2-19-11-13(17)10-15(19)16(21)18-14-7-5-12(6-8-14)4-3-9-20/h5-8,10-11,20H,2,9H2,1H3,(H,18,21). The Morgan fingerprint density at radius 2 is 2.10 bits per heavy atom. The highest BCUT2D eigenvalue weighted by molar-refractivity contribution is 6.31. The Kier molecular flexibility index (Phi) is 5.04. The van der Waals surface area contributed by atoms with E-state index in [2.05, 4.69) is 17.2 Å². The zero-order valence-electron chi connectivity index (χ0n) is 11.6. The van der Waals surface area contributed by atoms with Crippen LogP contribution in [-0.4, -0.2) is 22.2 Å². The number of nitrogens with one attached hydrogen (secondary N) is 1. The third-order valence-corrected chi connectivity index (χ3v) is 3.10. The van der Waals surface area contributed by atoms with E-state index in [0.717, 1.165) is 5.56 Å². The van der Waals surface area contributed by atoms with Gasteiger partial charge in [-0.3, -0.25) is 4.79 Å². The summed E-state index contributed by atoms with van der Waals surface area (Å²) in [6.07, 6.45) is 1.73. The summed E-state index contributed by atoms with van der Waals surface area (Å²) in [6, 6.07) is 8.73. The second-order valence-electron chi connectivity index (χ2n) is 4.32. The number of hydrogen-bond acceptors (Lipinski definition) is 2. The number of carbonyl (C=O) groups is 1. The van der Waals surface area contributed by atoms with Crippen molar-refractivity contribution in [2.75, 3.05) is 11.9 Å². The molecule has 2 N–H and O–H groups in total. The molecule has 1 aromatic carbocycles. The van der Waals surface area contributed by atoms with Crippen LogP contribution in [0.15, 0.2) is 36.5 Å². The number of aliphatic hydroxyl groups excluding tert-OH is 1. The van der Waals surface area contributed by atoms with Crippen LogP contribution >= 0.6 is 11.6 Å². The average Bonchev–Trinajstić information content (AvgIpc) is 2.88. The predicted molar refractivity (Wildman–Crippen MR) is 83.5 cm³/mol. The van der Waals surface area contributed by atoms with Gasteiger partial charge in [0.2, 0.25) is 0 Å². The molecule has 1 amide bonds. The van der Waals surface area contributed by atoms with Gasteiger partial charge in [-0.15, -0.1) is 0 Å². The van der Waals surface area contributed by atoms with E-state index in [1.165, 1.54) is 0 Å². The Labute approximate surface area is 128 Å². The van der Waals surface area contributed by atoms with Gasteiger partial charge in [0, 0.05) is 24.0 Å². The van der Waals surface area contributed by atoms with Crippen molar-refractivity contribution in [3.05, 3.63) is 52.8 Å². The molecule has 2 rings (SSSR count). The molecule has 0 aliphatic carbocycles. The fourth-order valence-corrected chi connectivity index (χ4v) is 2.12.